The first kappa shape index (κ1) is 13.5. The molecule has 0 aromatic heterocycles. The molecule has 0 aliphatic carbocycles. The van der Waals surface area contributed by atoms with Crippen molar-refractivity contribution in [2.75, 3.05) is 12.9 Å². The lowest BCUT2D eigenvalue weighted by atomic mass is 10.2. The van der Waals surface area contributed by atoms with Crippen LogP contribution in [-0.2, 0) is 5.75 Å². The molecular formula is C13H15BrOS. The van der Waals surface area contributed by atoms with Crippen LogP contribution in [0.25, 0.3) is 0 Å². The van der Waals surface area contributed by atoms with Gasteiger partial charge in [-0.3, -0.25) is 0 Å². The van der Waals surface area contributed by atoms with Crippen LogP contribution in [0.15, 0.2) is 22.7 Å². The normalized spacial score (nSPS) is 9.44. The van der Waals surface area contributed by atoms with Gasteiger partial charge in [0.2, 0.25) is 0 Å². The molecule has 1 aromatic rings. The minimum Gasteiger partial charge on any atom is -0.497 e. The summed E-state index contributed by atoms with van der Waals surface area (Å²) in [5, 5.41) is 0. The van der Waals surface area contributed by atoms with Crippen LogP contribution in [-0.4, -0.2) is 12.9 Å². The van der Waals surface area contributed by atoms with Crippen molar-refractivity contribution in [2.45, 2.75) is 19.1 Å². The van der Waals surface area contributed by atoms with Crippen LogP contribution in [0.2, 0.25) is 0 Å². The molecule has 0 spiro atoms. The van der Waals surface area contributed by atoms with Gasteiger partial charge in [-0.25, -0.2) is 0 Å². The Morgan fingerprint density at radius 3 is 2.88 bits per heavy atom. The lowest BCUT2D eigenvalue weighted by Crippen LogP contribution is -1.88. The standard InChI is InChI=1S/C13H15BrOS/c1-3-4-5-8-16-10-11-9-12(15-2)6-7-13(11)14/h6-7,9H,3,8,10H2,1-2H3. The van der Waals surface area contributed by atoms with E-state index in [4.69, 9.17) is 4.74 Å². The maximum atomic E-state index is 5.20. The molecule has 0 radical (unpaired) electrons. The quantitative estimate of drug-likeness (QED) is 0.611. The van der Waals surface area contributed by atoms with Crippen molar-refractivity contribution in [3.05, 3.63) is 28.2 Å². The van der Waals surface area contributed by atoms with E-state index in [0.29, 0.717) is 0 Å². The molecule has 0 saturated heterocycles. The fraction of sp³-hybridized carbons (Fsp3) is 0.385. The van der Waals surface area contributed by atoms with Crippen molar-refractivity contribution < 1.29 is 4.74 Å². The van der Waals surface area contributed by atoms with Crippen molar-refractivity contribution in [2.24, 2.45) is 0 Å². The van der Waals surface area contributed by atoms with E-state index < -0.39 is 0 Å². The molecule has 0 aliphatic heterocycles. The molecule has 0 saturated carbocycles. The molecule has 16 heavy (non-hydrogen) atoms. The number of rotatable bonds is 4. The summed E-state index contributed by atoms with van der Waals surface area (Å²) in [4.78, 5) is 0. The van der Waals surface area contributed by atoms with E-state index in [1.807, 2.05) is 23.9 Å². The zero-order chi connectivity index (χ0) is 11.8. The van der Waals surface area contributed by atoms with Crippen LogP contribution in [0.3, 0.4) is 0 Å². The van der Waals surface area contributed by atoms with Crippen LogP contribution >= 0.6 is 27.7 Å². The second kappa shape index (κ2) is 7.65. The zero-order valence-electron chi connectivity index (χ0n) is 9.55. The van der Waals surface area contributed by atoms with Crippen LogP contribution in [0.4, 0.5) is 0 Å². The van der Waals surface area contributed by atoms with Gasteiger partial charge in [0.25, 0.3) is 0 Å². The van der Waals surface area contributed by atoms with Gasteiger partial charge in [0.05, 0.1) is 12.9 Å². The lowest BCUT2D eigenvalue weighted by molar-refractivity contribution is 0.414. The summed E-state index contributed by atoms with van der Waals surface area (Å²) in [7, 11) is 1.69. The molecule has 0 fully saturated rings. The second-order valence-electron chi connectivity index (χ2n) is 3.16. The summed E-state index contributed by atoms with van der Waals surface area (Å²) in [5.74, 6) is 8.93. The maximum Gasteiger partial charge on any atom is 0.119 e. The summed E-state index contributed by atoms with van der Waals surface area (Å²) < 4.78 is 6.33. The predicted octanol–water partition coefficient (Wildman–Crippen LogP) is 4.10. The molecule has 1 nitrogen and oxygen atoms in total. The Balaban J connectivity index is 2.52. The predicted molar refractivity (Wildman–Crippen MR) is 74.9 cm³/mol. The van der Waals surface area contributed by atoms with Crippen molar-refractivity contribution in [1.29, 1.82) is 0 Å². The largest absolute Gasteiger partial charge is 0.497 e. The Labute approximate surface area is 110 Å². The second-order valence-corrected chi connectivity index (χ2v) is 5.00. The summed E-state index contributed by atoms with van der Waals surface area (Å²) in [6.45, 7) is 2.07. The van der Waals surface area contributed by atoms with Gasteiger partial charge >= 0.3 is 0 Å². The first-order valence-corrected chi connectivity index (χ1v) is 7.08. The van der Waals surface area contributed by atoms with E-state index in [-0.39, 0.29) is 0 Å². The highest BCUT2D eigenvalue weighted by atomic mass is 79.9. The smallest absolute Gasteiger partial charge is 0.119 e. The maximum absolute atomic E-state index is 5.20. The Hall–Kier alpha value is -0.590. The Kier molecular flexibility index (Phi) is 6.44. The van der Waals surface area contributed by atoms with Gasteiger partial charge in [-0.15, -0.1) is 17.7 Å². The van der Waals surface area contributed by atoms with Crippen LogP contribution in [0.1, 0.15) is 18.9 Å². The minimum atomic E-state index is 0.886. The number of thioether (sulfide) groups is 1. The van der Waals surface area contributed by atoms with Crippen molar-refractivity contribution in [1.82, 2.24) is 0 Å². The summed E-state index contributed by atoms with van der Waals surface area (Å²) >= 11 is 5.36. The molecular weight excluding hydrogens is 284 g/mol. The fourth-order valence-corrected chi connectivity index (χ4v) is 2.51. The molecule has 0 atom stereocenters. The van der Waals surface area contributed by atoms with Gasteiger partial charge in [-0.2, -0.15) is 0 Å². The molecule has 0 aliphatic rings. The number of hydrogen-bond donors (Lipinski definition) is 0. The third-order valence-electron chi connectivity index (χ3n) is 1.99. The topological polar surface area (TPSA) is 9.23 Å². The monoisotopic (exact) mass is 298 g/mol. The molecule has 0 unspecified atom stereocenters. The molecule has 0 heterocycles. The highest BCUT2D eigenvalue weighted by Crippen LogP contribution is 2.25. The van der Waals surface area contributed by atoms with Gasteiger partial charge in [-0.05, 0) is 23.8 Å². The minimum absolute atomic E-state index is 0.886. The Morgan fingerprint density at radius 1 is 1.38 bits per heavy atom. The average Bonchev–Trinajstić information content (AvgIpc) is 2.31. The third kappa shape index (κ3) is 4.51. The van der Waals surface area contributed by atoms with Gasteiger partial charge in [-0.1, -0.05) is 28.8 Å². The SMILES string of the molecule is CCC#CCSCc1cc(OC)ccc1Br. The van der Waals surface area contributed by atoms with Gasteiger partial charge in [0.1, 0.15) is 5.75 Å². The fourth-order valence-electron chi connectivity index (χ4n) is 1.18. The van der Waals surface area contributed by atoms with Gasteiger partial charge in [0.15, 0.2) is 0 Å². The lowest BCUT2D eigenvalue weighted by Gasteiger charge is -2.05. The molecule has 0 amide bonds. The van der Waals surface area contributed by atoms with Crippen LogP contribution in [0, 0.1) is 11.8 Å². The molecule has 1 aromatic carbocycles. The highest BCUT2D eigenvalue weighted by molar-refractivity contribution is 9.10. The molecule has 0 N–H and O–H groups in total. The Morgan fingerprint density at radius 2 is 2.19 bits per heavy atom. The molecule has 1 rings (SSSR count). The van der Waals surface area contributed by atoms with Gasteiger partial charge in [0, 0.05) is 16.6 Å². The molecule has 3 heteroatoms. The van der Waals surface area contributed by atoms with E-state index in [0.717, 1.165) is 28.1 Å². The first-order chi connectivity index (χ1) is 7.77. The van der Waals surface area contributed by atoms with Crippen LogP contribution in [0.5, 0.6) is 5.75 Å². The van der Waals surface area contributed by atoms with Crippen molar-refractivity contribution in [3.63, 3.8) is 0 Å². The van der Waals surface area contributed by atoms with Crippen molar-refractivity contribution in [3.8, 4) is 17.6 Å². The highest BCUT2D eigenvalue weighted by Gasteiger charge is 2.01. The summed E-state index contributed by atoms with van der Waals surface area (Å²) in [5.41, 5.74) is 1.25. The Bertz CT molecular complexity index is 393. The van der Waals surface area contributed by atoms with Gasteiger partial charge < -0.3 is 4.74 Å². The van der Waals surface area contributed by atoms with Crippen LogP contribution < -0.4 is 4.74 Å². The summed E-state index contributed by atoms with van der Waals surface area (Å²) in [6, 6.07) is 6.03. The molecule has 0 bridgehead atoms. The van der Waals surface area contributed by atoms with E-state index in [1.54, 1.807) is 7.11 Å². The number of methoxy groups -OCH3 is 1. The van der Waals surface area contributed by atoms with E-state index in [2.05, 4.69) is 40.8 Å². The zero-order valence-corrected chi connectivity index (χ0v) is 12.0. The van der Waals surface area contributed by atoms with E-state index in [9.17, 15) is 0 Å². The molecule has 86 valence electrons. The number of hydrogen-bond acceptors (Lipinski definition) is 2. The number of halogens is 1. The summed E-state index contributed by atoms with van der Waals surface area (Å²) in [6.07, 6.45) is 0.934. The van der Waals surface area contributed by atoms with E-state index in [1.165, 1.54) is 5.56 Å². The third-order valence-corrected chi connectivity index (χ3v) is 3.62. The van der Waals surface area contributed by atoms with E-state index >= 15 is 0 Å². The van der Waals surface area contributed by atoms with Crippen molar-refractivity contribution >= 4 is 27.7 Å². The number of benzene rings is 1. The average molecular weight is 299 g/mol. The first-order valence-electron chi connectivity index (χ1n) is 5.13. The number of ether oxygens (including phenoxy) is 1.